The molecule has 0 N–H and O–H groups in total. The van der Waals surface area contributed by atoms with E-state index in [9.17, 15) is 4.79 Å². The molecule has 2 rings (SSSR count). The molecule has 0 saturated heterocycles. The molecule has 1 aromatic carbocycles. The molecule has 0 fully saturated rings. The highest BCUT2D eigenvalue weighted by Crippen LogP contribution is 2.20. The van der Waals surface area contributed by atoms with E-state index in [4.69, 9.17) is 6.42 Å². The first-order valence-electron chi connectivity index (χ1n) is 4.84. The van der Waals surface area contributed by atoms with Gasteiger partial charge in [0.05, 0.1) is 10.1 Å². The van der Waals surface area contributed by atoms with Crippen LogP contribution >= 0.6 is 11.5 Å². The summed E-state index contributed by atoms with van der Waals surface area (Å²) >= 11 is 1.44. The van der Waals surface area contributed by atoms with Crippen LogP contribution < -0.4 is 5.56 Å². The lowest BCUT2D eigenvalue weighted by molar-refractivity contribution is 0.637. The molecule has 76 valence electrons. The summed E-state index contributed by atoms with van der Waals surface area (Å²) in [6.45, 7) is 1.99. The van der Waals surface area contributed by atoms with Gasteiger partial charge in [-0.05, 0) is 18.6 Å². The molecule has 2 nitrogen and oxygen atoms in total. The van der Waals surface area contributed by atoms with Gasteiger partial charge in [-0.25, -0.2) is 3.96 Å². The van der Waals surface area contributed by atoms with Gasteiger partial charge in [-0.2, -0.15) is 0 Å². The number of hydrogen-bond acceptors (Lipinski definition) is 2. The molecule has 15 heavy (non-hydrogen) atoms. The lowest BCUT2D eigenvalue weighted by atomic mass is 10.2. The summed E-state index contributed by atoms with van der Waals surface area (Å²) in [7, 11) is 0. The van der Waals surface area contributed by atoms with Crippen LogP contribution in [0.15, 0.2) is 29.1 Å². The summed E-state index contributed by atoms with van der Waals surface area (Å²) in [5.41, 5.74) is 0.0281. The minimum absolute atomic E-state index is 0.0281. The van der Waals surface area contributed by atoms with E-state index in [1.807, 2.05) is 31.2 Å². The Bertz CT molecular complexity index is 573. The third-order valence-corrected chi connectivity index (χ3v) is 3.55. The van der Waals surface area contributed by atoms with Gasteiger partial charge in [-0.3, -0.25) is 4.79 Å². The van der Waals surface area contributed by atoms with Crippen molar-refractivity contribution in [2.24, 2.45) is 0 Å². The number of rotatable bonds is 2. The van der Waals surface area contributed by atoms with E-state index in [0.29, 0.717) is 0 Å². The van der Waals surface area contributed by atoms with E-state index in [0.717, 1.165) is 16.5 Å². The zero-order valence-electron chi connectivity index (χ0n) is 8.43. The van der Waals surface area contributed by atoms with Gasteiger partial charge in [-0.15, -0.1) is 6.42 Å². The van der Waals surface area contributed by atoms with Crippen molar-refractivity contribution in [3.8, 4) is 12.3 Å². The first-order chi connectivity index (χ1) is 7.27. The molecule has 1 aromatic heterocycles. The molecule has 1 atom stereocenters. The summed E-state index contributed by atoms with van der Waals surface area (Å²) in [5, 5.41) is 0.760. The van der Waals surface area contributed by atoms with Crippen molar-refractivity contribution in [2.45, 2.75) is 19.4 Å². The molecular formula is C12H11NOS. The van der Waals surface area contributed by atoms with Gasteiger partial charge in [0, 0.05) is 0 Å². The summed E-state index contributed by atoms with van der Waals surface area (Å²) in [4.78, 5) is 12.0. The second kappa shape index (κ2) is 3.92. The van der Waals surface area contributed by atoms with Crippen LogP contribution in [0.3, 0.4) is 0 Å². The van der Waals surface area contributed by atoms with Crippen molar-refractivity contribution < 1.29 is 0 Å². The third-order valence-electron chi connectivity index (χ3n) is 2.38. The summed E-state index contributed by atoms with van der Waals surface area (Å²) in [6, 6.07) is 7.47. The number of fused-ring (bicyclic) bond motifs is 1. The van der Waals surface area contributed by atoms with Gasteiger partial charge < -0.3 is 0 Å². The van der Waals surface area contributed by atoms with Gasteiger partial charge >= 0.3 is 0 Å². The molecular weight excluding hydrogens is 206 g/mol. The fourth-order valence-corrected chi connectivity index (χ4v) is 2.67. The molecule has 0 saturated carbocycles. The van der Waals surface area contributed by atoms with Gasteiger partial charge in [0.1, 0.15) is 6.04 Å². The predicted octanol–water partition coefficient (Wildman–Crippen LogP) is 2.65. The monoisotopic (exact) mass is 217 g/mol. The van der Waals surface area contributed by atoms with Crippen LogP contribution in [0, 0.1) is 12.3 Å². The van der Waals surface area contributed by atoms with Crippen molar-refractivity contribution in [3.05, 3.63) is 34.6 Å². The van der Waals surface area contributed by atoms with E-state index in [2.05, 4.69) is 5.92 Å². The van der Waals surface area contributed by atoms with Crippen LogP contribution in [0.2, 0.25) is 0 Å². The Morgan fingerprint density at radius 3 is 2.87 bits per heavy atom. The number of hydrogen-bond donors (Lipinski definition) is 0. The van der Waals surface area contributed by atoms with Crippen molar-refractivity contribution in [1.29, 1.82) is 0 Å². The lowest BCUT2D eigenvalue weighted by Gasteiger charge is -2.05. The topological polar surface area (TPSA) is 22.0 Å². The van der Waals surface area contributed by atoms with E-state index >= 15 is 0 Å². The fraction of sp³-hybridized carbons (Fsp3) is 0.250. The maximum absolute atomic E-state index is 12.0. The van der Waals surface area contributed by atoms with Gasteiger partial charge in [0.15, 0.2) is 0 Å². The molecule has 0 spiro atoms. The second-order valence-electron chi connectivity index (χ2n) is 3.31. The SMILES string of the molecule is C#CC(CC)n1sc2ccccc2c1=O. The van der Waals surface area contributed by atoms with Gasteiger partial charge in [0.25, 0.3) is 5.56 Å². The average molecular weight is 217 g/mol. The fourth-order valence-electron chi connectivity index (χ4n) is 1.55. The lowest BCUT2D eigenvalue weighted by Crippen LogP contribution is -2.17. The minimum Gasteiger partial charge on any atom is -0.268 e. The molecule has 0 radical (unpaired) electrons. The first kappa shape index (κ1) is 10.0. The number of benzene rings is 1. The van der Waals surface area contributed by atoms with Crippen molar-refractivity contribution in [2.75, 3.05) is 0 Å². The molecule has 0 aliphatic rings. The van der Waals surface area contributed by atoms with E-state index in [1.54, 1.807) is 3.96 Å². The summed E-state index contributed by atoms with van der Waals surface area (Å²) in [5.74, 6) is 2.64. The quantitative estimate of drug-likeness (QED) is 0.709. The zero-order valence-corrected chi connectivity index (χ0v) is 9.25. The Labute approximate surface area is 92.3 Å². The normalized spacial score (nSPS) is 12.5. The zero-order chi connectivity index (χ0) is 10.8. The maximum atomic E-state index is 12.0. The van der Waals surface area contributed by atoms with E-state index in [-0.39, 0.29) is 11.6 Å². The Morgan fingerprint density at radius 2 is 2.27 bits per heavy atom. The van der Waals surface area contributed by atoms with Crippen LogP contribution in [0.5, 0.6) is 0 Å². The van der Waals surface area contributed by atoms with Crippen LogP contribution in [-0.4, -0.2) is 3.96 Å². The summed E-state index contributed by atoms with van der Waals surface area (Å²) in [6.07, 6.45) is 6.18. The van der Waals surface area contributed by atoms with Crippen LogP contribution in [-0.2, 0) is 0 Å². The number of aromatic nitrogens is 1. The number of nitrogens with zero attached hydrogens (tertiary/aromatic N) is 1. The number of terminal acetylenes is 1. The molecule has 0 bridgehead atoms. The second-order valence-corrected chi connectivity index (χ2v) is 4.32. The van der Waals surface area contributed by atoms with E-state index in [1.165, 1.54) is 11.5 Å². The van der Waals surface area contributed by atoms with Crippen LogP contribution in [0.1, 0.15) is 19.4 Å². The van der Waals surface area contributed by atoms with Crippen molar-refractivity contribution in [3.63, 3.8) is 0 Å². The van der Waals surface area contributed by atoms with Gasteiger partial charge in [0.2, 0.25) is 0 Å². The van der Waals surface area contributed by atoms with E-state index < -0.39 is 0 Å². The Hall–Kier alpha value is -1.53. The first-order valence-corrected chi connectivity index (χ1v) is 5.62. The van der Waals surface area contributed by atoms with Gasteiger partial charge in [-0.1, -0.05) is 36.5 Å². The smallest absolute Gasteiger partial charge is 0.268 e. The van der Waals surface area contributed by atoms with Crippen molar-refractivity contribution >= 4 is 21.6 Å². The highest BCUT2D eigenvalue weighted by Gasteiger charge is 2.12. The standard InChI is InChI=1S/C12H11NOS/c1-3-9(4-2)13-12(14)10-7-5-6-8-11(10)15-13/h1,5-9H,4H2,2H3. The molecule has 2 aromatic rings. The van der Waals surface area contributed by atoms with Crippen LogP contribution in [0.25, 0.3) is 10.1 Å². The average Bonchev–Trinajstić information content (AvgIpc) is 2.60. The largest absolute Gasteiger partial charge is 0.269 e. The van der Waals surface area contributed by atoms with Crippen LogP contribution in [0.4, 0.5) is 0 Å². The molecule has 0 aliphatic carbocycles. The van der Waals surface area contributed by atoms with Crippen molar-refractivity contribution in [1.82, 2.24) is 3.96 Å². The Kier molecular flexibility index (Phi) is 2.61. The third kappa shape index (κ3) is 1.57. The molecule has 0 aliphatic heterocycles. The Morgan fingerprint density at radius 1 is 1.53 bits per heavy atom. The molecule has 1 heterocycles. The molecule has 0 amide bonds. The highest BCUT2D eigenvalue weighted by molar-refractivity contribution is 7.13. The molecule has 3 heteroatoms. The minimum atomic E-state index is -0.116. The highest BCUT2D eigenvalue weighted by atomic mass is 32.1. The summed E-state index contributed by atoms with van der Waals surface area (Å²) < 4.78 is 2.68. The maximum Gasteiger partial charge on any atom is 0.269 e. The molecule has 1 unspecified atom stereocenters. The predicted molar refractivity (Wildman–Crippen MR) is 64.2 cm³/mol. The Balaban J connectivity index is 2.69.